The molecule has 3 aromatic rings. The number of pyridine rings is 1. The average Bonchev–Trinajstić information content (AvgIpc) is 3.05. The molecular weight excluding hydrogens is 366 g/mol. The second-order valence-corrected chi connectivity index (χ2v) is 7.66. The third kappa shape index (κ3) is 3.77. The summed E-state index contributed by atoms with van der Waals surface area (Å²) in [6.07, 6.45) is 3.41. The molecule has 0 unspecified atom stereocenters. The molecule has 7 heteroatoms. The molecule has 0 saturated carbocycles. The van der Waals surface area contributed by atoms with Crippen LogP contribution in [0, 0.1) is 27.7 Å². The standard InChI is InChI=1S/C22H25N5O2/c1-13-6-5-9-23-21(13)22(28)27-10-7-17(8-11-27)18-12-19(25-16(4)24-18)20-14(2)26-29-15(20)3/h5-6,9,12,17H,7-8,10-11H2,1-4H3. The van der Waals surface area contributed by atoms with Crippen LogP contribution in [0.4, 0.5) is 0 Å². The SMILES string of the molecule is Cc1nc(-c2c(C)noc2C)cc(C2CCN(C(=O)c3ncccc3C)CC2)n1. The summed E-state index contributed by atoms with van der Waals surface area (Å²) in [7, 11) is 0. The molecule has 1 fully saturated rings. The van der Waals surface area contributed by atoms with Crippen LogP contribution in [0.2, 0.25) is 0 Å². The van der Waals surface area contributed by atoms with E-state index in [1.54, 1.807) is 6.20 Å². The van der Waals surface area contributed by atoms with Gasteiger partial charge in [-0.05, 0) is 58.2 Å². The minimum atomic E-state index is 0.0110. The summed E-state index contributed by atoms with van der Waals surface area (Å²) in [5.74, 6) is 1.81. The number of carbonyl (C=O) groups excluding carboxylic acids is 1. The summed E-state index contributed by atoms with van der Waals surface area (Å²) in [6.45, 7) is 9.05. The lowest BCUT2D eigenvalue weighted by Gasteiger charge is -2.32. The fraction of sp³-hybridized carbons (Fsp3) is 0.409. The van der Waals surface area contributed by atoms with Crippen LogP contribution in [0.3, 0.4) is 0 Å². The molecule has 0 bridgehead atoms. The quantitative estimate of drug-likeness (QED) is 0.675. The van der Waals surface area contributed by atoms with Crippen molar-refractivity contribution in [3.05, 3.63) is 58.6 Å². The van der Waals surface area contributed by atoms with E-state index in [-0.39, 0.29) is 5.91 Å². The maximum atomic E-state index is 12.8. The summed E-state index contributed by atoms with van der Waals surface area (Å²) < 4.78 is 5.31. The highest BCUT2D eigenvalue weighted by Crippen LogP contribution is 2.31. The fourth-order valence-corrected chi connectivity index (χ4v) is 4.01. The minimum absolute atomic E-state index is 0.0110. The summed E-state index contributed by atoms with van der Waals surface area (Å²) in [6, 6.07) is 5.82. The van der Waals surface area contributed by atoms with Crippen LogP contribution in [-0.2, 0) is 0 Å². The molecule has 1 aliphatic rings. The third-order valence-electron chi connectivity index (χ3n) is 5.56. The van der Waals surface area contributed by atoms with Crippen molar-refractivity contribution < 1.29 is 9.32 Å². The predicted molar refractivity (Wildman–Crippen MR) is 109 cm³/mol. The van der Waals surface area contributed by atoms with Gasteiger partial charge in [0.25, 0.3) is 5.91 Å². The molecular formula is C22H25N5O2. The number of amides is 1. The van der Waals surface area contributed by atoms with Gasteiger partial charge < -0.3 is 9.42 Å². The Morgan fingerprint density at radius 3 is 2.55 bits per heavy atom. The molecule has 1 aliphatic heterocycles. The van der Waals surface area contributed by atoms with Crippen molar-refractivity contribution in [2.45, 2.75) is 46.5 Å². The van der Waals surface area contributed by atoms with Crippen LogP contribution in [0.15, 0.2) is 28.9 Å². The largest absolute Gasteiger partial charge is 0.361 e. The van der Waals surface area contributed by atoms with Crippen molar-refractivity contribution >= 4 is 5.91 Å². The molecule has 4 heterocycles. The number of piperidine rings is 1. The van der Waals surface area contributed by atoms with Crippen molar-refractivity contribution in [3.63, 3.8) is 0 Å². The molecule has 0 spiro atoms. The number of rotatable bonds is 3. The maximum Gasteiger partial charge on any atom is 0.272 e. The first-order valence-electron chi connectivity index (χ1n) is 9.93. The van der Waals surface area contributed by atoms with Crippen molar-refractivity contribution in [2.24, 2.45) is 0 Å². The van der Waals surface area contributed by atoms with Gasteiger partial charge in [-0.1, -0.05) is 11.2 Å². The van der Waals surface area contributed by atoms with Gasteiger partial charge in [0.15, 0.2) is 0 Å². The Balaban J connectivity index is 1.52. The number of hydrogen-bond acceptors (Lipinski definition) is 6. The second-order valence-electron chi connectivity index (χ2n) is 7.66. The monoisotopic (exact) mass is 391 g/mol. The molecule has 0 aliphatic carbocycles. The summed E-state index contributed by atoms with van der Waals surface area (Å²) >= 11 is 0. The molecule has 4 rings (SSSR count). The van der Waals surface area contributed by atoms with Crippen LogP contribution >= 0.6 is 0 Å². The Labute approximate surface area is 170 Å². The van der Waals surface area contributed by atoms with Gasteiger partial charge in [0.1, 0.15) is 17.3 Å². The van der Waals surface area contributed by atoms with E-state index in [9.17, 15) is 4.79 Å². The molecule has 0 atom stereocenters. The van der Waals surface area contributed by atoms with Gasteiger partial charge in [0.2, 0.25) is 0 Å². The lowest BCUT2D eigenvalue weighted by atomic mass is 9.92. The second kappa shape index (κ2) is 7.73. The first-order valence-corrected chi connectivity index (χ1v) is 9.93. The molecule has 1 amide bonds. The smallest absolute Gasteiger partial charge is 0.272 e. The highest BCUT2D eigenvalue weighted by atomic mass is 16.5. The number of nitrogens with zero attached hydrogens (tertiary/aromatic N) is 5. The van der Waals surface area contributed by atoms with Crippen LogP contribution < -0.4 is 0 Å². The van der Waals surface area contributed by atoms with Crippen LogP contribution in [-0.4, -0.2) is 44.0 Å². The van der Waals surface area contributed by atoms with E-state index in [1.807, 2.05) is 50.8 Å². The Kier molecular flexibility index (Phi) is 5.13. The molecule has 150 valence electrons. The van der Waals surface area contributed by atoms with Gasteiger partial charge in [-0.25, -0.2) is 9.97 Å². The summed E-state index contributed by atoms with van der Waals surface area (Å²) in [4.78, 5) is 28.3. The highest BCUT2D eigenvalue weighted by molar-refractivity contribution is 5.93. The zero-order valence-corrected chi connectivity index (χ0v) is 17.3. The first-order chi connectivity index (χ1) is 13.9. The van der Waals surface area contributed by atoms with E-state index in [4.69, 9.17) is 9.51 Å². The first kappa shape index (κ1) is 19.2. The van der Waals surface area contributed by atoms with Gasteiger partial charge in [0.05, 0.1) is 17.0 Å². The van der Waals surface area contributed by atoms with E-state index in [0.29, 0.717) is 24.7 Å². The van der Waals surface area contributed by atoms with Gasteiger partial charge >= 0.3 is 0 Å². The number of aromatic nitrogens is 4. The Morgan fingerprint density at radius 2 is 1.90 bits per heavy atom. The predicted octanol–water partition coefficient (Wildman–Crippen LogP) is 3.78. The van der Waals surface area contributed by atoms with Gasteiger partial charge in [0, 0.05) is 30.9 Å². The number of aryl methyl sites for hydroxylation is 4. The van der Waals surface area contributed by atoms with Crippen molar-refractivity contribution in [2.75, 3.05) is 13.1 Å². The maximum absolute atomic E-state index is 12.8. The van der Waals surface area contributed by atoms with Gasteiger partial charge in [-0.2, -0.15) is 0 Å². The Hall–Kier alpha value is -3.09. The zero-order valence-electron chi connectivity index (χ0n) is 17.3. The fourth-order valence-electron chi connectivity index (χ4n) is 4.01. The van der Waals surface area contributed by atoms with Gasteiger partial charge in [-0.15, -0.1) is 0 Å². The topological polar surface area (TPSA) is 85.0 Å². The van der Waals surface area contributed by atoms with E-state index >= 15 is 0 Å². The van der Waals surface area contributed by atoms with Crippen LogP contribution in [0.5, 0.6) is 0 Å². The summed E-state index contributed by atoms with van der Waals surface area (Å²) in [5, 5.41) is 4.04. The number of carbonyl (C=O) groups is 1. The lowest BCUT2D eigenvalue weighted by Crippen LogP contribution is -2.38. The molecule has 0 aromatic carbocycles. The van der Waals surface area contributed by atoms with E-state index in [0.717, 1.165) is 52.6 Å². The normalized spacial score (nSPS) is 15.0. The number of likely N-dealkylation sites (tertiary alicyclic amines) is 1. The van der Waals surface area contributed by atoms with Crippen molar-refractivity contribution in [1.82, 2.24) is 25.0 Å². The zero-order chi connectivity index (χ0) is 20.5. The minimum Gasteiger partial charge on any atom is -0.361 e. The molecule has 3 aromatic heterocycles. The van der Waals surface area contributed by atoms with Gasteiger partial charge in [-0.3, -0.25) is 9.78 Å². The molecule has 7 nitrogen and oxygen atoms in total. The van der Waals surface area contributed by atoms with Crippen LogP contribution in [0.1, 0.15) is 57.8 Å². The molecule has 1 saturated heterocycles. The third-order valence-corrected chi connectivity index (χ3v) is 5.56. The van der Waals surface area contributed by atoms with E-state index in [1.165, 1.54) is 0 Å². The molecule has 29 heavy (non-hydrogen) atoms. The van der Waals surface area contributed by atoms with Crippen molar-refractivity contribution in [3.8, 4) is 11.3 Å². The molecule has 0 radical (unpaired) electrons. The van der Waals surface area contributed by atoms with E-state index in [2.05, 4.69) is 15.1 Å². The van der Waals surface area contributed by atoms with E-state index < -0.39 is 0 Å². The van der Waals surface area contributed by atoms with Crippen molar-refractivity contribution in [1.29, 1.82) is 0 Å². The Bertz CT molecular complexity index is 1030. The highest BCUT2D eigenvalue weighted by Gasteiger charge is 2.27. The number of hydrogen-bond donors (Lipinski definition) is 0. The average molecular weight is 391 g/mol. The molecule has 0 N–H and O–H groups in total. The summed E-state index contributed by atoms with van der Waals surface area (Å²) in [5.41, 5.74) is 5.10. The lowest BCUT2D eigenvalue weighted by molar-refractivity contribution is 0.0705. The van der Waals surface area contributed by atoms with Crippen LogP contribution in [0.25, 0.3) is 11.3 Å². The Morgan fingerprint density at radius 1 is 1.14 bits per heavy atom.